The molecule has 45 heavy (non-hydrogen) atoms. The fraction of sp³-hybridized carbons (Fsp3) is 0.371. The molecule has 3 aromatic carbocycles. The van der Waals surface area contributed by atoms with Crippen LogP contribution in [-0.2, 0) is 25.5 Å². The third-order valence-corrected chi connectivity index (χ3v) is 7.50. The molecule has 4 rings (SSSR count). The Balaban J connectivity index is 1.22. The lowest BCUT2D eigenvalue weighted by Gasteiger charge is -2.29. The number of nitrogens with one attached hydrogen (secondary N) is 3. The van der Waals surface area contributed by atoms with Gasteiger partial charge in [-0.1, -0.05) is 50.2 Å². The molecule has 4 N–H and O–H groups in total. The van der Waals surface area contributed by atoms with E-state index in [1.807, 2.05) is 70.2 Å². The summed E-state index contributed by atoms with van der Waals surface area (Å²) in [7, 11) is 0. The van der Waals surface area contributed by atoms with Gasteiger partial charge in [0.05, 0.1) is 29.1 Å². The minimum atomic E-state index is -0.672. The number of aliphatic imine (C=N–C) groups is 1. The van der Waals surface area contributed by atoms with Gasteiger partial charge in [0, 0.05) is 30.7 Å². The van der Waals surface area contributed by atoms with Crippen LogP contribution in [0.15, 0.2) is 77.8 Å². The molecule has 0 atom stereocenters. The zero-order chi connectivity index (χ0) is 32.5. The van der Waals surface area contributed by atoms with Crippen LogP contribution in [0.4, 0.5) is 11.4 Å². The third kappa shape index (κ3) is 9.90. The van der Waals surface area contributed by atoms with Gasteiger partial charge in [0.15, 0.2) is 6.61 Å². The number of phenols is 1. The summed E-state index contributed by atoms with van der Waals surface area (Å²) in [6.07, 6.45) is 1.24. The van der Waals surface area contributed by atoms with Crippen LogP contribution in [0.1, 0.15) is 51.7 Å². The van der Waals surface area contributed by atoms with Gasteiger partial charge in [-0.3, -0.25) is 14.4 Å². The highest BCUT2D eigenvalue weighted by Crippen LogP contribution is 2.31. The first-order valence-electron chi connectivity index (χ1n) is 15.1. The molecule has 0 unspecified atom stereocenters. The van der Waals surface area contributed by atoms with Crippen molar-refractivity contribution < 1.29 is 29.0 Å². The van der Waals surface area contributed by atoms with Crippen LogP contribution in [0, 0.1) is 5.41 Å². The second-order valence-corrected chi connectivity index (χ2v) is 12.3. The van der Waals surface area contributed by atoms with E-state index in [1.54, 1.807) is 30.3 Å². The van der Waals surface area contributed by atoms with E-state index < -0.39 is 11.0 Å². The number of benzene rings is 3. The zero-order valence-corrected chi connectivity index (χ0v) is 26.3. The minimum absolute atomic E-state index is 0.0620. The van der Waals surface area contributed by atoms with Crippen LogP contribution in [0.2, 0.25) is 0 Å². The summed E-state index contributed by atoms with van der Waals surface area (Å²) in [5.41, 5.74) is 2.22. The zero-order valence-electron chi connectivity index (χ0n) is 26.3. The number of anilines is 1. The second kappa shape index (κ2) is 14.9. The Labute approximate surface area is 264 Å². The summed E-state index contributed by atoms with van der Waals surface area (Å²) in [5.74, 6) is 0.112. The van der Waals surface area contributed by atoms with Gasteiger partial charge >= 0.3 is 0 Å². The molecule has 10 nitrogen and oxygen atoms in total. The number of fused-ring (bicyclic) bond motifs is 1. The largest absolute Gasteiger partial charge is 0.508 e. The van der Waals surface area contributed by atoms with Gasteiger partial charge in [-0.25, -0.2) is 4.99 Å². The number of ether oxygens (including phenoxy) is 2. The summed E-state index contributed by atoms with van der Waals surface area (Å²) in [6.45, 7) is 8.37. The van der Waals surface area contributed by atoms with Gasteiger partial charge in [0.25, 0.3) is 5.91 Å². The maximum Gasteiger partial charge on any atom is 0.258 e. The van der Waals surface area contributed by atoms with Crippen molar-refractivity contribution in [1.82, 2.24) is 10.6 Å². The smallest absolute Gasteiger partial charge is 0.258 e. The van der Waals surface area contributed by atoms with Crippen molar-refractivity contribution in [2.24, 2.45) is 10.4 Å². The van der Waals surface area contributed by atoms with E-state index in [0.29, 0.717) is 54.4 Å². The highest BCUT2D eigenvalue weighted by atomic mass is 16.5. The number of carbonyl (C=O) groups excluding carboxylic acids is 3. The van der Waals surface area contributed by atoms with Crippen LogP contribution >= 0.6 is 0 Å². The Bertz CT molecular complexity index is 1530. The van der Waals surface area contributed by atoms with E-state index in [2.05, 4.69) is 16.0 Å². The molecule has 0 bridgehead atoms. The molecule has 0 fully saturated rings. The number of hydrogen-bond donors (Lipinski definition) is 4. The molecule has 1 aliphatic rings. The van der Waals surface area contributed by atoms with Gasteiger partial charge < -0.3 is 30.5 Å². The predicted octanol–water partition coefficient (Wildman–Crippen LogP) is 4.92. The lowest BCUT2D eigenvalue weighted by atomic mass is 9.88. The van der Waals surface area contributed by atoms with Crippen molar-refractivity contribution in [2.45, 2.75) is 52.6 Å². The van der Waals surface area contributed by atoms with Gasteiger partial charge in [-0.2, -0.15) is 0 Å². The minimum Gasteiger partial charge on any atom is -0.508 e. The first-order chi connectivity index (χ1) is 21.4. The number of phenolic OH excluding ortho intramolecular Hbond substituents is 1. The van der Waals surface area contributed by atoms with Crippen molar-refractivity contribution in [3.63, 3.8) is 0 Å². The number of para-hydroxylation sites is 3. The summed E-state index contributed by atoms with van der Waals surface area (Å²) < 4.78 is 11.9. The Morgan fingerprint density at radius 3 is 2.44 bits per heavy atom. The molecule has 0 saturated heterocycles. The van der Waals surface area contributed by atoms with Crippen LogP contribution < -0.4 is 20.7 Å². The molecular formula is C35H42N4O6. The average Bonchev–Trinajstić information content (AvgIpc) is 3.17. The molecule has 0 spiro atoms. The first-order valence-corrected chi connectivity index (χ1v) is 15.1. The van der Waals surface area contributed by atoms with E-state index in [1.165, 1.54) is 0 Å². The molecule has 0 aliphatic carbocycles. The molecule has 0 saturated carbocycles. The van der Waals surface area contributed by atoms with E-state index in [-0.39, 0.29) is 43.0 Å². The number of rotatable bonds is 14. The quantitative estimate of drug-likeness (QED) is 0.203. The lowest BCUT2D eigenvalue weighted by molar-refractivity contribution is -0.131. The van der Waals surface area contributed by atoms with E-state index in [9.17, 15) is 19.5 Å². The van der Waals surface area contributed by atoms with Gasteiger partial charge in [-0.15, -0.1) is 0 Å². The van der Waals surface area contributed by atoms with Gasteiger partial charge in [0.1, 0.15) is 11.5 Å². The van der Waals surface area contributed by atoms with Crippen molar-refractivity contribution in [1.29, 1.82) is 0 Å². The first kappa shape index (κ1) is 33.2. The standard InChI is InChI=1S/C35H42N4O6/c1-34(2,33(43)36-19-17-24-13-15-25(40)16-14-24)18-20-45-35(3,4)23-37-32(42)22-44-30-12-8-5-9-26(30)29-21-31(41)39-28-11-7-6-10-27(28)38-29/h5-16,40H,17-23H2,1-4H3,(H,36,43)(H,37,42)(H,39,41). The highest BCUT2D eigenvalue weighted by molar-refractivity contribution is 6.17. The number of amides is 3. The second-order valence-electron chi connectivity index (χ2n) is 12.3. The van der Waals surface area contributed by atoms with Gasteiger partial charge in [-0.05, 0) is 68.7 Å². The summed E-state index contributed by atoms with van der Waals surface area (Å²) in [4.78, 5) is 42.7. The average molecular weight is 615 g/mol. The van der Waals surface area contributed by atoms with Gasteiger partial charge in [0.2, 0.25) is 11.8 Å². The Kier molecular flexibility index (Phi) is 11.0. The molecule has 1 heterocycles. The number of carbonyl (C=O) groups is 3. The molecule has 0 aromatic heterocycles. The van der Waals surface area contributed by atoms with Crippen LogP contribution in [0.25, 0.3) is 0 Å². The van der Waals surface area contributed by atoms with Crippen molar-refractivity contribution in [3.05, 3.63) is 83.9 Å². The fourth-order valence-electron chi connectivity index (χ4n) is 4.67. The predicted molar refractivity (Wildman–Crippen MR) is 174 cm³/mol. The fourth-order valence-corrected chi connectivity index (χ4v) is 4.67. The van der Waals surface area contributed by atoms with Crippen LogP contribution in [0.5, 0.6) is 11.5 Å². The molecule has 3 amide bonds. The number of nitrogens with zero attached hydrogens (tertiary/aromatic N) is 1. The third-order valence-electron chi connectivity index (χ3n) is 7.50. The Hall–Kier alpha value is -4.70. The van der Waals surface area contributed by atoms with Crippen molar-refractivity contribution in [2.75, 3.05) is 31.6 Å². The summed E-state index contributed by atoms with van der Waals surface area (Å²) in [5, 5.41) is 18.1. The monoisotopic (exact) mass is 614 g/mol. The molecule has 1 aliphatic heterocycles. The maximum absolute atomic E-state index is 12.8. The maximum atomic E-state index is 12.8. The molecule has 0 radical (unpaired) electrons. The van der Waals surface area contributed by atoms with Crippen molar-refractivity contribution in [3.8, 4) is 11.5 Å². The number of aromatic hydroxyl groups is 1. The molecule has 10 heteroatoms. The number of hydrogen-bond acceptors (Lipinski definition) is 7. The molecule has 238 valence electrons. The van der Waals surface area contributed by atoms with Crippen LogP contribution in [-0.4, -0.2) is 60.4 Å². The van der Waals surface area contributed by atoms with Crippen LogP contribution in [0.3, 0.4) is 0 Å². The normalized spacial score (nSPS) is 13.2. The van der Waals surface area contributed by atoms with E-state index >= 15 is 0 Å². The highest BCUT2D eigenvalue weighted by Gasteiger charge is 2.29. The van der Waals surface area contributed by atoms with E-state index in [4.69, 9.17) is 14.5 Å². The Morgan fingerprint density at radius 1 is 0.956 bits per heavy atom. The summed E-state index contributed by atoms with van der Waals surface area (Å²) >= 11 is 0. The van der Waals surface area contributed by atoms with E-state index in [0.717, 1.165) is 5.56 Å². The molecular weight excluding hydrogens is 572 g/mol. The van der Waals surface area contributed by atoms with Crippen molar-refractivity contribution >= 4 is 34.8 Å². The Morgan fingerprint density at radius 2 is 1.67 bits per heavy atom. The lowest BCUT2D eigenvalue weighted by Crippen LogP contribution is -2.43. The SMILES string of the molecule is CC(C)(CNC(=O)COc1ccccc1C1=Nc2ccccc2NC(=O)C1)OCCC(C)(C)C(=O)NCCc1ccc(O)cc1. The summed E-state index contributed by atoms with van der Waals surface area (Å²) in [6, 6.07) is 21.5. The molecule has 3 aromatic rings. The topological polar surface area (TPSA) is 138 Å².